The van der Waals surface area contributed by atoms with E-state index in [1.807, 2.05) is 30.3 Å². The van der Waals surface area contributed by atoms with Crippen LogP contribution in [-0.2, 0) is 0 Å². The summed E-state index contributed by atoms with van der Waals surface area (Å²) in [6.07, 6.45) is 0. The van der Waals surface area contributed by atoms with Gasteiger partial charge in [0.1, 0.15) is 0 Å². The van der Waals surface area contributed by atoms with Gasteiger partial charge in [-0.05, 0) is 48.3 Å². The summed E-state index contributed by atoms with van der Waals surface area (Å²) < 4.78 is 0. The summed E-state index contributed by atoms with van der Waals surface area (Å²) in [5.74, 6) is -0.199. The van der Waals surface area contributed by atoms with Crippen LogP contribution in [0.5, 0.6) is 0 Å². The molecule has 0 fully saturated rings. The topological polar surface area (TPSA) is 41.1 Å². The van der Waals surface area contributed by atoms with Crippen LogP contribution in [0.25, 0.3) is 0 Å². The number of amides is 1. The molecule has 0 spiro atoms. The highest BCUT2D eigenvalue weighted by molar-refractivity contribution is 7.97. The van der Waals surface area contributed by atoms with Crippen molar-refractivity contribution in [3.63, 3.8) is 0 Å². The molecule has 2 aromatic carbocycles. The smallest absolute Gasteiger partial charge is 0.266 e. The number of benzene rings is 2. The lowest BCUT2D eigenvalue weighted by Gasteiger charge is -2.06. The Morgan fingerprint density at radius 2 is 1.67 bits per heavy atom. The van der Waals surface area contributed by atoms with Gasteiger partial charge in [0.25, 0.3) is 5.91 Å². The molecule has 2 aromatic rings. The molecule has 5 heteroatoms. The lowest BCUT2D eigenvalue weighted by atomic mass is 10.2. The largest absolute Gasteiger partial charge is 0.277 e. The summed E-state index contributed by atoms with van der Waals surface area (Å²) in [5, 5.41) is 0.609. The van der Waals surface area contributed by atoms with Gasteiger partial charge >= 0.3 is 0 Å². The van der Waals surface area contributed by atoms with Gasteiger partial charge in [0.15, 0.2) is 0 Å². The zero-order valence-electron chi connectivity index (χ0n) is 9.39. The van der Waals surface area contributed by atoms with Crippen LogP contribution in [-0.4, -0.2) is 5.91 Å². The first kappa shape index (κ1) is 13.0. The highest BCUT2D eigenvalue weighted by atomic mass is 35.5. The molecule has 0 aromatic heterocycles. The van der Waals surface area contributed by atoms with Gasteiger partial charge in [-0.1, -0.05) is 29.8 Å². The van der Waals surface area contributed by atoms with E-state index in [4.69, 9.17) is 11.6 Å². The molecule has 0 radical (unpaired) electrons. The lowest BCUT2D eigenvalue weighted by Crippen LogP contribution is -2.32. The third-order valence-electron chi connectivity index (χ3n) is 2.18. The Morgan fingerprint density at radius 3 is 2.33 bits per heavy atom. The van der Waals surface area contributed by atoms with E-state index >= 15 is 0 Å². The van der Waals surface area contributed by atoms with Gasteiger partial charge in [0.2, 0.25) is 0 Å². The quantitative estimate of drug-likeness (QED) is 0.666. The molecule has 0 saturated heterocycles. The van der Waals surface area contributed by atoms with Crippen molar-refractivity contribution in [3.05, 3.63) is 65.2 Å². The molecule has 0 unspecified atom stereocenters. The molecule has 0 aliphatic heterocycles. The summed E-state index contributed by atoms with van der Waals surface area (Å²) in [6, 6.07) is 16.4. The van der Waals surface area contributed by atoms with Crippen molar-refractivity contribution in [2.75, 3.05) is 0 Å². The normalized spacial score (nSPS) is 10.1. The van der Waals surface area contributed by atoms with Gasteiger partial charge in [0.05, 0.1) is 0 Å². The highest BCUT2D eigenvalue weighted by Crippen LogP contribution is 2.12. The number of rotatable bonds is 4. The second kappa shape index (κ2) is 6.44. The Kier molecular flexibility index (Phi) is 4.64. The molecule has 2 N–H and O–H groups in total. The van der Waals surface area contributed by atoms with Gasteiger partial charge in [-0.15, -0.1) is 0 Å². The molecule has 1 amide bonds. The van der Waals surface area contributed by atoms with Crippen molar-refractivity contribution in [1.82, 2.24) is 10.3 Å². The van der Waals surface area contributed by atoms with Crippen molar-refractivity contribution in [1.29, 1.82) is 0 Å². The van der Waals surface area contributed by atoms with Crippen LogP contribution in [0.3, 0.4) is 0 Å². The number of hydrogen-bond donors (Lipinski definition) is 2. The number of hydrazine groups is 1. The lowest BCUT2D eigenvalue weighted by molar-refractivity contribution is 0.0947. The molecule has 0 atom stereocenters. The number of halogens is 1. The fourth-order valence-corrected chi connectivity index (χ4v) is 1.97. The Balaban J connectivity index is 1.84. The van der Waals surface area contributed by atoms with Crippen LogP contribution in [0.2, 0.25) is 5.02 Å². The van der Waals surface area contributed by atoms with E-state index in [0.717, 1.165) is 4.90 Å². The first-order valence-corrected chi connectivity index (χ1v) is 6.48. The fourth-order valence-electron chi connectivity index (χ4n) is 1.29. The van der Waals surface area contributed by atoms with Crippen molar-refractivity contribution in [2.24, 2.45) is 0 Å². The van der Waals surface area contributed by atoms with E-state index in [1.165, 1.54) is 11.9 Å². The van der Waals surface area contributed by atoms with E-state index in [9.17, 15) is 4.79 Å². The molecule has 0 aliphatic carbocycles. The molecular weight excluding hydrogens is 268 g/mol. The Hall–Kier alpha value is -1.49. The number of nitrogens with one attached hydrogen (secondary N) is 2. The molecule has 0 aliphatic rings. The maximum Gasteiger partial charge on any atom is 0.266 e. The first-order chi connectivity index (χ1) is 8.75. The Morgan fingerprint density at radius 1 is 1.00 bits per heavy atom. The van der Waals surface area contributed by atoms with Crippen LogP contribution in [0, 0.1) is 0 Å². The number of carbonyl (C=O) groups is 1. The van der Waals surface area contributed by atoms with E-state index in [1.54, 1.807) is 24.3 Å². The van der Waals surface area contributed by atoms with E-state index in [-0.39, 0.29) is 5.91 Å². The summed E-state index contributed by atoms with van der Waals surface area (Å²) in [6.45, 7) is 0. The summed E-state index contributed by atoms with van der Waals surface area (Å²) in [4.78, 5) is 15.5. The van der Waals surface area contributed by atoms with Crippen LogP contribution in [0.4, 0.5) is 0 Å². The molecule has 0 heterocycles. The minimum absolute atomic E-state index is 0.199. The van der Waals surface area contributed by atoms with Gasteiger partial charge in [0, 0.05) is 15.5 Å². The molecule has 2 rings (SSSR count). The van der Waals surface area contributed by atoms with Crippen molar-refractivity contribution in [3.8, 4) is 0 Å². The van der Waals surface area contributed by atoms with Gasteiger partial charge in [-0.2, -0.15) is 4.83 Å². The zero-order chi connectivity index (χ0) is 12.8. The second-order valence-corrected chi connectivity index (χ2v) is 4.79. The molecule has 18 heavy (non-hydrogen) atoms. The minimum atomic E-state index is -0.199. The zero-order valence-corrected chi connectivity index (χ0v) is 11.0. The SMILES string of the molecule is O=C(NNSc1ccccc1)c1ccc(Cl)cc1. The second-order valence-electron chi connectivity index (χ2n) is 3.48. The Labute approximate surface area is 115 Å². The van der Waals surface area contributed by atoms with Gasteiger partial charge in [-0.25, -0.2) is 0 Å². The summed E-state index contributed by atoms with van der Waals surface area (Å²) >= 11 is 7.09. The maximum atomic E-state index is 11.7. The van der Waals surface area contributed by atoms with Crippen molar-refractivity contribution < 1.29 is 4.79 Å². The van der Waals surface area contributed by atoms with E-state index < -0.39 is 0 Å². The van der Waals surface area contributed by atoms with Gasteiger partial charge in [-0.3, -0.25) is 10.2 Å². The third-order valence-corrected chi connectivity index (χ3v) is 3.15. The highest BCUT2D eigenvalue weighted by Gasteiger charge is 2.04. The third kappa shape index (κ3) is 3.77. The fraction of sp³-hybridized carbons (Fsp3) is 0. The van der Waals surface area contributed by atoms with Gasteiger partial charge < -0.3 is 0 Å². The predicted octanol–water partition coefficient (Wildman–Crippen LogP) is 3.28. The average Bonchev–Trinajstić information content (AvgIpc) is 2.40. The van der Waals surface area contributed by atoms with Crippen LogP contribution in [0.15, 0.2) is 59.5 Å². The van der Waals surface area contributed by atoms with E-state index in [0.29, 0.717) is 10.6 Å². The van der Waals surface area contributed by atoms with Crippen molar-refractivity contribution >= 4 is 29.5 Å². The summed E-state index contributed by atoms with van der Waals surface area (Å²) in [5.41, 5.74) is 3.15. The van der Waals surface area contributed by atoms with Crippen LogP contribution < -0.4 is 10.3 Å². The molecular formula is C13H11ClN2OS. The monoisotopic (exact) mass is 278 g/mol. The number of hydrogen-bond acceptors (Lipinski definition) is 3. The molecule has 92 valence electrons. The first-order valence-electron chi connectivity index (χ1n) is 5.28. The predicted molar refractivity (Wildman–Crippen MR) is 74.4 cm³/mol. The minimum Gasteiger partial charge on any atom is -0.277 e. The van der Waals surface area contributed by atoms with Crippen LogP contribution in [0.1, 0.15) is 10.4 Å². The maximum absolute atomic E-state index is 11.7. The van der Waals surface area contributed by atoms with Crippen molar-refractivity contribution in [2.45, 2.75) is 4.90 Å². The number of carbonyl (C=O) groups excluding carboxylic acids is 1. The average molecular weight is 279 g/mol. The standard InChI is InChI=1S/C13H11ClN2OS/c14-11-8-6-10(7-9-11)13(17)15-16-18-12-4-2-1-3-5-12/h1-9,16H,(H,15,17). The molecule has 0 bridgehead atoms. The molecule has 3 nitrogen and oxygen atoms in total. The summed E-state index contributed by atoms with van der Waals surface area (Å²) in [7, 11) is 0. The Bertz CT molecular complexity index is 516. The van der Waals surface area contributed by atoms with E-state index in [2.05, 4.69) is 10.3 Å². The molecule has 0 saturated carbocycles. The van der Waals surface area contributed by atoms with Crippen LogP contribution >= 0.6 is 23.5 Å².